The first-order valence-electron chi connectivity index (χ1n) is 9.28. The second-order valence-corrected chi connectivity index (χ2v) is 7.21. The van der Waals surface area contributed by atoms with Gasteiger partial charge in [-0.25, -0.2) is 0 Å². The predicted molar refractivity (Wildman–Crippen MR) is 88.2 cm³/mol. The van der Waals surface area contributed by atoms with Gasteiger partial charge in [0.15, 0.2) is 0 Å². The first kappa shape index (κ1) is 16.3. The third kappa shape index (κ3) is 5.37. The van der Waals surface area contributed by atoms with Crippen LogP contribution < -0.4 is 5.32 Å². The standard InChI is InChI=1S/C18H36N2/c1-2-13-19-14-7-4-8-15-20-16-11-18(12-17-20)9-5-3-6-10-18/h19H,2-17H2,1H3. The number of nitrogens with one attached hydrogen (secondary N) is 1. The van der Waals surface area contributed by atoms with Gasteiger partial charge in [-0.2, -0.15) is 0 Å². The Morgan fingerprint density at radius 1 is 0.850 bits per heavy atom. The average molecular weight is 280 g/mol. The molecule has 0 atom stereocenters. The molecule has 20 heavy (non-hydrogen) atoms. The fraction of sp³-hybridized carbons (Fsp3) is 1.00. The fourth-order valence-corrected chi connectivity index (χ4v) is 4.12. The van der Waals surface area contributed by atoms with Crippen LogP contribution in [0.25, 0.3) is 0 Å². The summed E-state index contributed by atoms with van der Waals surface area (Å²) in [4.78, 5) is 2.74. The van der Waals surface area contributed by atoms with Crippen molar-refractivity contribution in [3.63, 3.8) is 0 Å². The minimum Gasteiger partial charge on any atom is -0.317 e. The number of hydrogen-bond acceptors (Lipinski definition) is 2. The molecule has 2 aliphatic rings. The molecule has 2 rings (SSSR count). The molecule has 1 aliphatic heterocycles. The van der Waals surface area contributed by atoms with E-state index in [-0.39, 0.29) is 0 Å². The van der Waals surface area contributed by atoms with Crippen LogP contribution in [0.2, 0.25) is 0 Å². The summed E-state index contributed by atoms with van der Waals surface area (Å²) in [5, 5.41) is 3.50. The quantitative estimate of drug-likeness (QED) is 0.670. The summed E-state index contributed by atoms with van der Waals surface area (Å²) < 4.78 is 0. The molecule has 0 aromatic rings. The molecule has 1 saturated carbocycles. The van der Waals surface area contributed by atoms with Gasteiger partial charge in [-0.05, 0) is 83.1 Å². The van der Waals surface area contributed by atoms with E-state index in [9.17, 15) is 0 Å². The number of nitrogens with zero attached hydrogens (tertiary/aromatic N) is 1. The molecule has 0 aromatic carbocycles. The Morgan fingerprint density at radius 3 is 2.30 bits per heavy atom. The molecule has 1 heterocycles. The van der Waals surface area contributed by atoms with Gasteiger partial charge in [0.25, 0.3) is 0 Å². The molecule has 2 nitrogen and oxygen atoms in total. The van der Waals surface area contributed by atoms with Crippen molar-refractivity contribution in [3.05, 3.63) is 0 Å². The van der Waals surface area contributed by atoms with Gasteiger partial charge in [0.05, 0.1) is 0 Å². The lowest BCUT2D eigenvalue weighted by Crippen LogP contribution is -2.41. The van der Waals surface area contributed by atoms with Crippen LogP contribution in [-0.4, -0.2) is 37.6 Å². The Balaban J connectivity index is 1.49. The molecule has 0 radical (unpaired) electrons. The van der Waals surface area contributed by atoms with Crippen molar-refractivity contribution in [2.45, 2.75) is 77.6 Å². The van der Waals surface area contributed by atoms with Gasteiger partial charge in [-0.1, -0.05) is 32.6 Å². The molecule has 0 amide bonds. The van der Waals surface area contributed by atoms with Crippen molar-refractivity contribution in [2.75, 3.05) is 32.7 Å². The number of likely N-dealkylation sites (tertiary alicyclic amines) is 1. The second kappa shape index (κ2) is 9.04. The maximum absolute atomic E-state index is 3.50. The lowest BCUT2D eigenvalue weighted by Gasteiger charge is -2.44. The van der Waals surface area contributed by atoms with Crippen LogP contribution in [0.5, 0.6) is 0 Å². The number of hydrogen-bond donors (Lipinski definition) is 1. The minimum atomic E-state index is 0.777. The average Bonchev–Trinajstić information content (AvgIpc) is 2.49. The van der Waals surface area contributed by atoms with E-state index in [4.69, 9.17) is 0 Å². The molecule has 0 bridgehead atoms. The third-order valence-electron chi connectivity index (χ3n) is 5.59. The molecule has 1 aliphatic carbocycles. The molecule has 1 saturated heterocycles. The SMILES string of the molecule is CCCNCCCCCN1CCC2(CCCCC2)CC1. The van der Waals surface area contributed by atoms with Crippen LogP contribution in [0.1, 0.15) is 77.6 Å². The van der Waals surface area contributed by atoms with Crippen molar-refractivity contribution in [2.24, 2.45) is 5.41 Å². The largest absolute Gasteiger partial charge is 0.317 e. The first-order chi connectivity index (χ1) is 9.85. The highest BCUT2D eigenvalue weighted by molar-refractivity contribution is 4.88. The lowest BCUT2D eigenvalue weighted by molar-refractivity contribution is 0.0670. The van der Waals surface area contributed by atoms with Crippen LogP contribution in [0, 0.1) is 5.41 Å². The van der Waals surface area contributed by atoms with Crippen LogP contribution in [-0.2, 0) is 0 Å². The molecule has 0 aromatic heterocycles. The number of rotatable bonds is 8. The molecule has 118 valence electrons. The zero-order chi connectivity index (χ0) is 14.1. The van der Waals surface area contributed by atoms with E-state index in [1.54, 1.807) is 0 Å². The van der Waals surface area contributed by atoms with E-state index in [1.165, 1.54) is 103 Å². The molecule has 1 N–H and O–H groups in total. The van der Waals surface area contributed by atoms with E-state index in [0.717, 1.165) is 5.41 Å². The molecular weight excluding hydrogens is 244 g/mol. The normalized spacial score (nSPS) is 23.2. The van der Waals surface area contributed by atoms with Crippen LogP contribution >= 0.6 is 0 Å². The van der Waals surface area contributed by atoms with Crippen molar-refractivity contribution in [3.8, 4) is 0 Å². The van der Waals surface area contributed by atoms with Crippen molar-refractivity contribution < 1.29 is 0 Å². The Morgan fingerprint density at radius 2 is 1.60 bits per heavy atom. The summed E-state index contributed by atoms with van der Waals surface area (Å²) in [5.41, 5.74) is 0.777. The summed E-state index contributed by atoms with van der Waals surface area (Å²) in [7, 11) is 0. The van der Waals surface area contributed by atoms with E-state index in [2.05, 4.69) is 17.1 Å². The maximum Gasteiger partial charge on any atom is -0.00134 e. The van der Waals surface area contributed by atoms with Gasteiger partial charge in [-0.3, -0.25) is 0 Å². The topological polar surface area (TPSA) is 15.3 Å². The van der Waals surface area contributed by atoms with Gasteiger partial charge in [-0.15, -0.1) is 0 Å². The summed E-state index contributed by atoms with van der Waals surface area (Å²) >= 11 is 0. The first-order valence-corrected chi connectivity index (χ1v) is 9.28. The Labute approximate surface area is 126 Å². The molecular formula is C18H36N2. The van der Waals surface area contributed by atoms with E-state index < -0.39 is 0 Å². The second-order valence-electron chi connectivity index (χ2n) is 7.21. The highest BCUT2D eigenvalue weighted by Crippen LogP contribution is 2.44. The van der Waals surface area contributed by atoms with Gasteiger partial charge < -0.3 is 10.2 Å². The predicted octanol–water partition coefficient (Wildman–Crippen LogP) is 4.20. The number of piperidine rings is 1. The third-order valence-corrected chi connectivity index (χ3v) is 5.59. The summed E-state index contributed by atoms with van der Waals surface area (Å²) in [6, 6.07) is 0. The Bertz CT molecular complexity index is 236. The van der Waals surface area contributed by atoms with Crippen molar-refractivity contribution >= 4 is 0 Å². The smallest absolute Gasteiger partial charge is 0.00134 e. The molecule has 0 unspecified atom stereocenters. The monoisotopic (exact) mass is 280 g/mol. The van der Waals surface area contributed by atoms with E-state index in [1.807, 2.05) is 0 Å². The molecule has 1 spiro atoms. The zero-order valence-corrected chi connectivity index (χ0v) is 13.8. The van der Waals surface area contributed by atoms with Gasteiger partial charge >= 0.3 is 0 Å². The van der Waals surface area contributed by atoms with Crippen molar-refractivity contribution in [1.82, 2.24) is 10.2 Å². The van der Waals surface area contributed by atoms with Gasteiger partial charge in [0, 0.05) is 0 Å². The van der Waals surface area contributed by atoms with Crippen molar-refractivity contribution in [1.29, 1.82) is 0 Å². The molecule has 2 heteroatoms. The summed E-state index contributed by atoms with van der Waals surface area (Å²) in [6.45, 7) is 8.76. The Kier molecular flexibility index (Phi) is 7.37. The minimum absolute atomic E-state index is 0.777. The Hall–Kier alpha value is -0.0800. The highest BCUT2D eigenvalue weighted by atomic mass is 15.1. The fourth-order valence-electron chi connectivity index (χ4n) is 4.12. The van der Waals surface area contributed by atoms with Crippen LogP contribution in [0.15, 0.2) is 0 Å². The van der Waals surface area contributed by atoms with E-state index in [0.29, 0.717) is 0 Å². The lowest BCUT2D eigenvalue weighted by atomic mass is 9.68. The summed E-state index contributed by atoms with van der Waals surface area (Å²) in [6.07, 6.45) is 16.0. The van der Waals surface area contributed by atoms with Crippen LogP contribution in [0.4, 0.5) is 0 Å². The van der Waals surface area contributed by atoms with Gasteiger partial charge in [0.1, 0.15) is 0 Å². The maximum atomic E-state index is 3.50. The van der Waals surface area contributed by atoms with E-state index >= 15 is 0 Å². The zero-order valence-electron chi connectivity index (χ0n) is 13.8. The summed E-state index contributed by atoms with van der Waals surface area (Å²) in [5.74, 6) is 0. The molecule has 2 fully saturated rings. The van der Waals surface area contributed by atoms with Gasteiger partial charge in [0.2, 0.25) is 0 Å². The highest BCUT2D eigenvalue weighted by Gasteiger charge is 2.35. The number of unbranched alkanes of at least 4 members (excludes halogenated alkanes) is 2. The van der Waals surface area contributed by atoms with Crippen LogP contribution in [0.3, 0.4) is 0 Å².